The Hall–Kier alpha value is -4.47. The van der Waals surface area contributed by atoms with Crippen LogP contribution in [0.1, 0.15) is 0 Å². The highest BCUT2D eigenvalue weighted by Crippen LogP contribution is 2.29. The molecule has 0 bridgehead atoms. The van der Waals surface area contributed by atoms with Gasteiger partial charge in [-0.25, -0.2) is 14.8 Å². The first-order chi connectivity index (χ1) is 16.2. The summed E-state index contributed by atoms with van der Waals surface area (Å²) in [6.07, 6.45) is 6.15. The summed E-state index contributed by atoms with van der Waals surface area (Å²) in [6, 6.07) is 13.6. The maximum atomic E-state index is 11.1. The van der Waals surface area contributed by atoms with Crippen LogP contribution in [-0.4, -0.2) is 67.4 Å². The maximum Gasteiger partial charge on any atom is 0.407 e. The van der Waals surface area contributed by atoms with Gasteiger partial charge in [-0.2, -0.15) is 5.10 Å². The van der Waals surface area contributed by atoms with Crippen LogP contribution in [0.15, 0.2) is 67.3 Å². The van der Waals surface area contributed by atoms with Gasteiger partial charge in [0.1, 0.15) is 5.69 Å². The van der Waals surface area contributed by atoms with E-state index in [2.05, 4.69) is 35.4 Å². The van der Waals surface area contributed by atoms with E-state index in [1.54, 1.807) is 18.6 Å². The zero-order valence-corrected chi connectivity index (χ0v) is 17.7. The molecule has 0 atom stereocenters. The van der Waals surface area contributed by atoms with Crippen LogP contribution in [0.4, 0.5) is 22.1 Å². The van der Waals surface area contributed by atoms with Gasteiger partial charge >= 0.3 is 6.09 Å². The van der Waals surface area contributed by atoms with Crippen LogP contribution in [0.25, 0.3) is 22.5 Å². The standard InChI is InChI=1S/C23H22N8O2/c32-23(33)31-12-10-30(11-13-31)18-5-3-17(4-6-18)27-22-25-9-7-20(28-22)19-15-26-29-21(19)16-2-1-8-24-14-16/h1-9,14-15H,10-13H2,(H,26,29)(H,32,33)(H,25,27,28). The third-order valence-corrected chi connectivity index (χ3v) is 5.55. The van der Waals surface area contributed by atoms with Gasteiger partial charge in [-0.15, -0.1) is 0 Å². The Bertz CT molecular complexity index is 1230. The molecule has 3 aromatic heterocycles. The van der Waals surface area contributed by atoms with Crippen molar-refractivity contribution in [2.45, 2.75) is 0 Å². The number of nitrogens with one attached hydrogen (secondary N) is 2. The summed E-state index contributed by atoms with van der Waals surface area (Å²) in [5.41, 5.74) is 5.21. The van der Waals surface area contributed by atoms with Crippen LogP contribution in [0, 0.1) is 0 Å². The molecule has 33 heavy (non-hydrogen) atoms. The molecule has 3 N–H and O–H groups in total. The first kappa shape index (κ1) is 20.4. The molecule has 0 aliphatic carbocycles. The van der Waals surface area contributed by atoms with Crippen LogP contribution in [-0.2, 0) is 0 Å². The Balaban J connectivity index is 1.29. The normalized spacial score (nSPS) is 13.7. The number of aromatic amines is 1. The molecule has 1 saturated heterocycles. The summed E-state index contributed by atoms with van der Waals surface area (Å²) in [5, 5.41) is 19.6. The molecule has 1 aliphatic heterocycles. The molecule has 4 aromatic rings. The number of hydrogen-bond donors (Lipinski definition) is 3. The average Bonchev–Trinajstić information content (AvgIpc) is 3.36. The number of anilines is 3. The molecule has 0 radical (unpaired) electrons. The van der Waals surface area contributed by atoms with Crippen molar-refractivity contribution in [1.29, 1.82) is 0 Å². The van der Waals surface area contributed by atoms with Crippen molar-refractivity contribution in [3.8, 4) is 22.5 Å². The summed E-state index contributed by atoms with van der Waals surface area (Å²) in [5.74, 6) is 0.480. The molecule has 4 heterocycles. The lowest BCUT2D eigenvalue weighted by molar-refractivity contribution is 0.142. The number of rotatable bonds is 5. The summed E-state index contributed by atoms with van der Waals surface area (Å²) >= 11 is 0. The lowest BCUT2D eigenvalue weighted by Crippen LogP contribution is -2.48. The summed E-state index contributed by atoms with van der Waals surface area (Å²) in [4.78, 5) is 27.9. The predicted molar refractivity (Wildman–Crippen MR) is 124 cm³/mol. The lowest BCUT2D eigenvalue weighted by atomic mass is 10.1. The number of carbonyl (C=O) groups is 1. The molecule has 1 aromatic carbocycles. The van der Waals surface area contributed by atoms with E-state index < -0.39 is 6.09 Å². The molecular weight excluding hydrogens is 420 g/mol. The first-order valence-electron chi connectivity index (χ1n) is 10.5. The largest absolute Gasteiger partial charge is 0.465 e. The van der Waals surface area contributed by atoms with Crippen LogP contribution in [0.3, 0.4) is 0 Å². The van der Waals surface area contributed by atoms with Gasteiger partial charge in [0.15, 0.2) is 0 Å². The number of aromatic nitrogens is 5. The van der Waals surface area contributed by atoms with Crippen molar-refractivity contribution in [3.05, 3.63) is 67.3 Å². The molecule has 0 unspecified atom stereocenters. The fourth-order valence-corrected chi connectivity index (χ4v) is 3.82. The third kappa shape index (κ3) is 4.45. The molecule has 10 nitrogen and oxygen atoms in total. The number of H-pyrrole nitrogens is 1. The van der Waals surface area contributed by atoms with Crippen LogP contribution >= 0.6 is 0 Å². The molecule has 0 spiro atoms. The Kier molecular flexibility index (Phi) is 5.54. The summed E-state index contributed by atoms with van der Waals surface area (Å²) in [7, 11) is 0. The minimum atomic E-state index is -0.862. The SMILES string of the molecule is O=C(O)N1CCN(c2ccc(Nc3nccc(-c4c[nH]nc4-c4cccnc4)n3)cc2)CC1. The second-order valence-electron chi connectivity index (χ2n) is 7.58. The highest BCUT2D eigenvalue weighted by Gasteiger charge is 2.20. The Morgan fingerprint density at radius 3 is 2.58 bits per heavy atom. The monoisotopic (exact) mass is 442 g/mol. The van der Waals surface area contributed by atoms with Crippen molar-refractivity contribution >= 4 is 23.4 Å². The molecule has 166 valence electrons. The molecular formula is C23H22N8O2. The number of hydrogen-bond acceptors (Lipinski definition) is 7. The van der Waals surface area contributed by atoms with Crippen LogP contribution in [0.5, 0.6) is 0 Å². The molecule has 1 fully saturated rings. The number of piperazine rings is 1. The first-order valence-corrected chi connectivity index (χ1v) is 10.5. The van der Waals surface area contributed by atoms with Crippen molar-refractivity contribution in [2.75, 3.05) is 36.4 Å². The molecule has 1 amide bonds. The number of benzene rings is 1. The van der Waals surface area contributed by atoms with Crippen molar-refractivity contribution < 1.29 is 9.90 Å². The van der Waals surface area contributed by atoms with Crippen molar-refractivity contribution in [1.82, 2.24) is 30.0 Å². The fraction of sp³-hybridized carbons (Fsp3) is 0.174. The van der Waals surface area contributed by atoms with Gasteiger partial charge in [-0.1, -0.05) is 0 Å². The molecule has 1 aliphatic rings. The minimum Gasteiger partial charge on any atom is -0.465 e. The Morgan fingerprint density at radius 1 is 1.03 bits per heavy atom. The number of pyridine rings is 1. The van der Waals surface area contributed by atoms with E-state index in [9.17, 15) is 4.79 Å². The van der Waals surface area contributed by atoms with Gasteiger partial charge < -0.3 is 20.2 Å². The van der Waals surface area contributed by atoms with E-state index in [1.807, 2.05) is 48.7 Å². The van der Waals surface area contributed by atoms with Crippen molar-refractivity contribution in [3.63, 3.8) is 0 Å². The van der Waals surface area contributed by atoms with Gasteiger partial charge in [-0.05, 0) is 42.5 Å². The highest BCUT2D eigenvalue weighted by atomic mass is 16.4. The average molecular weight is 442 g/mol. The van der Waals surface area contributed by atoms with Gasteiger partial charge in [0, 0.05) is 73.5 Å². The highest BCUT2D eigenvalue weighted by molar-refractivity contribution is 5.78. The molecule has 0 saturated carbocycles. The maximum absolute atomic E-state index is 11.1. The van der Waals surface area contributed by atoms with E-state index in [0.717, 1.165) is 33.9 Å². The van der Waals surface area contributed by atoms with Gasteiger partial charge in [0.25, 0.3) is 0 Å². The zero-order valence-electron chi connectivity index (χ0n) is 17.7. The summed E-state index contributed by atoms with van der Waals surface area (Å²) < 4.78 is 0. The Labute approximate surface area is 190 Å². The smallest absolute Gasteiger partial charge is 0.407 e. The van der Waals surface area contributed by atoms with Gasteiger partial charge in [-0.3, -0.25) is 10.1 Å². The fourth-order valence-electron chi connectivity index (χ4n) is 3.82. The second-order valence-corrected chi connectivity index (χ2v) is 7.58. The quantitative estimate of drug-likeness (QED) is 0.429. The third-order valence-electron chi connectivity index (χ3n) is 5.55. The van der Waals surface area contributed by atoms with E-state index in [0.29, 0.717) is 32.1 Å². The summed E-state index contributed by atoms with van der Waals surface area (Å²) in [6.45, 7) is 2.36. The van der Waals surface area contributed by atoms with Crippen LogP contribution < -0.4 is 10.2 Å². The number of amides is 1. The van der Waals surface area contributed by atoms with Crippen LogP contribution in [0.2, 0.25) is 0 Å². The zero-order chi connectivity index (χ0) is 22.6. The van der Waals surface area contributed by atoms with E-state index >= 15 is 0 Å². The molecule has 5 rings (SSSR count). The predicted octanol–water partition coefficient (Wildman–Crippen LogP) is 3.47. The topological polar surface area (TPSA) is 123 Å². The van der Waals surface area contributed by atoms with Gasteiger partial charge in [0.05, 0.1) is 5.69 Å². The van der Waals surface area contributed by atoms with E-state index in [-0.39, 0.29) is 0 Å². The lowest BCUT2D eigenvalue weighted by Gasteiger charge is -2.34. The Morgan fingerprint density at radius 2 is 1.85 bits per heavy atom. The number of nitrogens with zero attached hydrogens (tertiary/aromatic N) is 6. The number of carboxylic acid groups (broad SMARTS) is 1. The van der Waals surface area contributed by atoms with E-state index in [4.69, 9.17) is 5.11 Å². The minimum absolute atomic E-state index is 0.480. The molecule has 10 heteroatoms. The van der Waals surface area contributed by atoms with Crippen molar-refractivity contribution in [2.24, 2.45) is 0 Å². The second kappa shape index (κ2) is 8.95. The van der Waals surface area contributed by atoms with E-state index in [1.165, 1.54) is 4.90 Å². The van der Waals surface area contributed by atoms with Gasteiger partial charge in [0.2, 0.25) is 5.95 Å².